The molecule has 0 fully saturated rings. The van der Waals surface area contributed by atoms with E-state index in [9.17, 15) is 4.91 Å². The fraction of sp³-hybridized carbons (Fsp3) is 0. The molecular formula is C7H8N4NaO2+. The number of hydrogen-bond donors (Lipinski definition) is 2. The van der Waals surface area contributed by atoms with Crippen molar-refractivity contribution in [2.24, 2.45) is 5.29 Å². The van der Waals surface area contributed by atoms with E-state index in [0.29, 0.717) is 5.56 Å². The molecule has 1 aromatic carbocycles. The van der Waals surface area contributed by atoms with Crippen molar-refractivity contribution in [3.8, 4) is 0 Å². The quantitative estimate of drug-likeness (QED) is 0.179. The molecule has 68 valence electrons. The second-order valence-electron chi connectivity index (χ2n) is 2.20. The molecule has 3 N–H and O–H groups in total. The summed E-state index contributed by atoms with van der Waals surface area (Å²) in [5.74, 6) is 0.0164. The summed E-state index contributed by atoms with van der Waals surface area (Å²) in [4.78, 5) is 9.73. The largest absolute Gasteiger partial charge is 1.00 e. The monoisotopic (exact) mass is 203 g/mol. The average Bonchev–Trinajstić information content (AvgIpc) is 2.19. The standard InChI is InChI=1S/C7H7N4O2.Na/c8-7(9-11(13)10-12)6-4-2-1-3-5-6;/h1-5,13H,(H-,8,9);/q-1;+1/p+1. The van der Waals surface area contributed by atoms with Gasteiger partial charge in [-0.05, 0) is 5.28 Å². The zero-order valence-corrected chi connectivity index (χ0v) is 9.66. The van der Waals surface area contributed by atoms with E-state index in [2.05, 4.69) is 10.7 Å². The Balaban J connectivity index is 0.00000169. The molecule has 0 bridgehead atoms. The third-order valence-corrected chi connectivity index (χ3v) is 1.34. The molecule has 0 aliphatic heterocycles. The van der Waals surface area contributed by atoms with Crippen molar-refractivity contribution < 1.29 is 40.2 Å². The first-order valence-electron chi connectivity index (χ1n) is 3.46. The normalized spacial score (nSPS) is 8.36. The van der Waals surface area contributed by atoms with Crippen LogP contribution in [-0.4, -0.2) is 16.3 Å². The average molecular weight is 203 g/mol. The minimum absolute atomic E-state index is 0. The molecule has 0 aromatic heterocycles. The van der Waals surface area contributed by atoms with E-state index >= 15 is 0 Å². The van der Waals surface area contributed by atoms with Crippen molar-refractivity contribution in [3.05, 3.63) is 46.2 Å². The maximum Gasteiger partial charge on any atom is 1.00 e. The Labute approximate surface area is 103 Å². The summed E-state index contributed by atoms with van der Waals surface area (Å²) in [6, 6.07) is 8.71. The second kappa shape index (κ2) is 6.50. The number of hydrogen-bond acceptors (Lipinski definition) is 3. The summed E-state index contributed by atoms with van der Waals surface area (Å²) >= 11 is 0. The molecule has 0 aliphatic carbocycles. The molecule has 0 heterocycles. The van der Waals surface area contributed by atoms with Gasteiger partial charge in [0.2, 0.25) is 0 Å². The van der Waals surface area contributed by atoms with Crippen molar-refractivity contribution in [1.29, 1.82) is 0 Å². The molecule has 1 aromatic rings. The molecule has 0 aliphatic rings. The van der Waals surface area contributed by atoms with E-state index in [0.717, 1.165) is 0 Å². The minimum Gasteiger partial charge on any atom is -0.382 e. The third kappa shape index (κ3) is 3.84. The third-order valence-electron chi connectivity index (χ3n) is 1.34. The van der Waals surface area contributed by atoms with Crippen LogP contribution in [0.2, 0.25) is 0 Å². The van der Waals surface area contributed by atoms with Crippen molar-refractivity contribution in [3.63, 3.8) is 0 Å². The zero-order valence-electron chi connectivity index (χ0n) is 7.66. The Morgan fingerprint density at radius 2 is 2.00 bits per heavy atom. The molecule has 0 unspecified atom stereocenters. The minimum atomic E-state index is -0.123. The number of nitrogens with two attached hydrogens (primary N) is 1. The van der Waals surface area contributed by atoms with Gasteiger partial charge in [0, 0.05) is 5.56 Å². The van der Waals surface area contributed by atoms with Crippen LogP contribution in [0, 0.1) is 4.91 Å². The number of nitrogens with zero attached hydrogens (tertiary/aromatic N) is 3. The van der Waals surface area contributed by atoms with Crippen LogP contribution >= 0.6 is 0 Å². The van der Waals surface area contributed by atoms with Gasteiger partial charge in [-0.3, -0.25) is 0 Å². The van der Waals surface area contributed by atoms with Crippen LogP contribution in [-0.2, 0) is 0 Å². The van der Waals surface area contributed by atoms with E-state index in [4.69, 9.17) is 10.6 Å². The van der Waals surface area contributed by atoms with Crippen LogP contribution < -0.4 is 35.0 Å². The predicted octanol–water partition coefficient (Wildman–Crippen LogP) is -3.14. The molecule has 0 saturated heterocycles. The van der Waals surface area contributed by atoms with Crippen LogP contribution in [0.15, 0.2) is 35.6 Å². The number of nitroso groups, excluding NO2 is 1. The van der Waals surface area contributed by atoms with Crippen LogP contribution in [0.4, 0.5) is 0 Å². The molecular weight excluding hydrogens is 195 g/mol. The van der Waals surface area contributed by atoms with E-state index in [1.54, 1.807) is 24.3 Å². The smallest absolute Gasteiger partial charge is 0.382 e. The number of rotatable bonds is 3. The Morgan fingerprint density at radius 3 is 2.50 bits per heavy atom. The molecule has 6 nitrogen and oxygen atoms in total. The van der Waals surface area contributed by atoms with Gasteiger partial charge in [-0.15, -0.1) is 10.3 Å². The summed E-state index contributed by atoms with van der Waals surface area (Å²) in [7, 11) is 0. The summed E-state index contributed by atoms with van der Waals surface area (Å²) in [6.07, 6.45) is 0. The predicted molar refractivity (Wildman–Crippen MR) is 45.3 cm³/mol. The van der Waals surface area contributed by atoms with Gasteiger partial charge in [0.05, 0.1) is 0 Å². The van der Waals surface area contributed by atoms with Gasteiger partial charge < -0.3 is 5.41 Å². The summed E-state index contributed by atoms with van der Waals surface area (Å²) < 4.78 is 0. The topological polar surface area (TPSA) is 92.6 Å². The first-order chi connectivity index (χ1) is 6.24. The Hall–Kier alpha value is -0.950. The van der Waals surface area contributed by atoms with Crippen LogP contribution in [0.3, 0.4) is 0 Å². The second-order valence-corrected chi connectivity index (χ2v) is 2.20. The Kier molecular flexibility index (Phi) is 6.06. The van der Waals surface area contributed by atoms with Crippen molar-refractivity contribution in [1.82, 2.24) is 5.28 Å². The molecule has 0 amide bonds. The number of benzene rings is 1. The fourth-order valence-electron chi connectivity index (χ4n) is 0.781. The van der Waals surface area contributed by atoms with Gasteiger partial charge in [-0.25, -0.2) is 5.21 Å². The Bertz CT molecular complexity index is 306. The van der Waals surface area contributed by atoms with Crippen molar-refractivity contribution >= 4 is 5.84 Å². The van der Waals surface area contributed by atoms with Gasteiger partial charge in [-0.1, -0.05) is 30.3 Å². The first kappa shape index (κ1) is 13.1. The molecule has 0 atom stereocenters. The maximum absolute atomic E-state index is 9.73. The van der Waals surface area contributed by atoms with Gasteiger partial charge in [0.25, 0.3) is 0 Å². The van der Waals surface area contributed by atoms with E-state index in [-0.39, 0.29) is 40.7 Å². The Morgan fingerprint density at radius 1 is 1.43 bits per heavy atom. The maximum atomic E-state index is 9.73. The summed E-state index contributed by atoms with van der Waals surface area (Å²) in [5, 5.41) is 16.0. The van der Waals surface area contributed by atoms with Crippen LogP contribution in [0.5, 0.6) is 0 Å². The molecule has 14 heavy (non-hydrogen) atoms. The SMILES string of the molecule is [NH2+]=C([N-]N(O)N=O)c1ccccc1.[Na+]. The first-order valence-corrected chi connectivity index (χ1v) is 3.46. The van der Waals surface area contributed by atoms with Crippen molar-refractivity contribution in [2.45, 2.75) is 0 Å². The molecule has 0 saturated carbocycles. The van der Waals surface area contributed by atoms with Crippen LogP contribution in [0.25, 0.3) is 5.43 Å². The summed E-state index contributed by atoms with van der Waals surface area (Å²) in [6.45, 7) is 0. The van der Waals surface area contributed by atoms with Gasteiger partial charge in [0.15, 0.2) is 5.84 Å². The van der Waals surface area contributed by atoms with Gasteiger partial charge in [0.1, 0.15) is 5.29 Å². The van der Waals surface area contributed by atoms with E-state index < -0.39 is 0 Å². The molecule has 0 radical (unpaired) electrons. The molecule has 0 spiro atoms. The zero-order chi connectivity index (χ0) is 9.68. The van der Waals surface area contributed by atoms with Gasteiger partial charge >= 0.3 is 29.6 Å². The number of amidine groups is 1. The van der Waals surface area contributed by atoms with Crippen LogP contribution in [0.1, 0.15) is 5.56 Å². The fourth-order valence-corrected chi connectivity index (χ4v) is 0.781. The van der Waals surface area contributed by atoms with Crippen molar-refractivity contribution in [2.75, 3.05) is 0 Å². The van der Waals surface area contributed by atoms with E-state index in [1.807, 2.05) is 6.07 Å². The van der Waals surface area contributed by atoms with Gasteiger partial charge in [-0.2, -0.15) is 0 Å². The van der Waals surface area contributed by atoms with E-state index in [1.165, 1.54) is 0 Å². The summed E-state index contributed by atoms with van der Waals surface area (Å²) in [5.41, 5.74) is 3.87. The molecule has 7 heteroatoms. The molecule has 1 rings (SSSR count).